The summed E-state index contributed by atoms with van der Waals surface area (Å²) in [5, 5.41) is 1.78. The van der Waals surface area contributed by atoms with Crippen molar-refractivity contribution in [3.05, 3.63) is 51.8 Å². The lowest BCUT2D eigenvalue weighted by molar-refractivity contribution is 0.0593. The molecule has 134 valence electrons. The van der Waals surface area contributed by atoms with Crippen molar-refractivity contribution >= 4 is 18.1 Å². The summed E-state index contributed by atoms with van der Waals surface area (Å²) in [6, 6.07) is 5.59. The first-order chi connectivity index (χ1) is 12.1. The van der Waals surface area contributed by atoms with Crippen LogP contribution in [-0.4, -0.2) is 30.2 Å². The van der Waals surface area contributed by atoms with Crippen LogP contribution < -0.4 is 15.3 Å². The molecule has 0 saturated heterocycles. The second kappa shape index (κ2) is 10.2. The van der Waals surface area contributed by atoms with Gasteiger partial charge in [0.05, 0.1) is 19.6 Å². The van der Waals surface area contributed by atoms with E-state index >= 15 is 0 Å². The van der Waals surface area contributed by atoms with Crippen LogP contribution in [0.15, 0.2) is 24.4 Å². The average Bonchev–Trinajstić information content (AvgIpc) is 2.68. The maximum Gasteiger partial charge on any atom is 0.356 e. The number of methoxy groups -OCH3 is 2. The van der Waals surface area contributed by atoms with Crippen molar-refractivity contribution in [2.45, 2.75) is 34.1 Å². The molecule has 5 heteroatoms. The lowest BCUT2D eigenvalue weighted by Gasteiger charge is -2.08. The van der Waals surface area contributed by atoms with E-state index in [9.17, 15) is 4.79 Å². The predicted octanol–water partition coefficient (Wildman–Crippen LogP) is 2.49. The molecule has 0 radical (unpaired) electrons. The number of nitrogens with zero attached hydrogens (tertiary/aromatic N) is 2. The third-order valence-electron chi connectivity index (χ3n) is 3.53. The van der Waals surface area contributed by atoms with Gasteiger partial charge in [-0.1, -0.05) is 26.0 Å². The minimum atomic E-state index is -0.440. The van der Waals surface area contributed by atoms with Crippen LogP contribution in [0.2, 0.25) is 0 Å². The van der Waals surface area contributed by atoms with Gasteiger partial charge < -0.3 is 9.47 Å². The Kier molecular flexibility index (Phi) is 8.33. The number of carbonyl (C=O) groups excluding carboxylic acids is 1. The lowest BCUT2D eigenvalue weighted by atomic mass is 10.0. The highest BCUT2D eigenvalue weighted by molar-refractivity contribution is 5.87. The Labute approximate surface area is 149 Å². The average molecular weight is 342 g/mol. The second-order valence-corrected chi connectivity index (χ2v) is 4.92. The minimum absolute atomic E-state index is 0.308. The van der Waals surface area contributed by atoms with Crippen LogP contribution in [0.25, 0.3) is 12.2 Å². The summed E-state index contributed by atoms with van der Waals surface area (Å²) < 4.78 is 9.96. The van der Waals surface area contributed by atoms with Crippen LogP contribution in [0, 0.1) is 0 Å². The van der Waals surface area contributed by atoms with Gasteiger partial charge in [0.25, 0.3) is 0 Å². The molecule has 0 atom stereocenters. The standard InChI is InChI=1S/C18H20N2O3.C2H6/c1-5-14-13(9-12-7-8-19-17(10-12)22-3)11-16(18(21)23-4)20-15(14)6-2;1-2/h5-8,10-11H,9H2,1-4H3;1-2H3/b14-5-,15-6+;. The Morgan fingerprint density at radius 3 is 2.44 bits per heavy atom. The summed E-state index contributed by atoms with van der Waals surface area (Å²) in [6.07, 6.45) is 6.24. The molecular formula is C20H26N2O3. The second-order valence-electron chi connectivity index (χ2n) is 4.92. The molecular weight excluding hydrogens is 316 g/mol. The van der Waals surface area contributed by atoms with E-state index in [0.717, 1.165) is 21.7 Å². The maximum atomic E-state index is 11.8. The zero-order valence-electron chi connectivity index (χ0n) is 15.8. The number of aromatic nitrogens is 2. The molecule has 0 bridgehead atoms. The Morgan fingerprint density at radius 2 is 1.88 bits per heavy atom. The maximum absolute atomic E-state index is 11.8. The Morgan fingerprint density at radius 1 is 1.16 bits per heavy atom. The van der Waals surface area contributed by atoms with Crippen molar-refractivity contribution < 1.29 is 14.3 Å². The van der Waals surface area contributed by atoms with E-state index in [2.05, 4.69) is 9.97 Å². The van der Waals surface area contributed by atoms with Crippen LogP contribution in [0.4, 0.5) is 0 Å². The molecule has 2 aromatic rings. The minimum Gasteiger partial charge on any atom is -0.481 e. The van der Waals surface area contributed by atoms with Gasteiger partial charge in [-0.25, -0.2) is 14.8 Å². The number of hydrogen-bond donors (Lipinski definition) is 0. The zero-order chi connectivity index (χ0) is 18.8. The van der Waals surface area contributed by atoms with Gasteiger partial charge in [0.15, 0.2) is 0 Å². The molecule has 0 spiro atoms. The van der Waals surface area contributed by atoms with Gasteiger partial charge in [-0.05, 0) is 48.7 Å². The van der Waals surface area contributed by atoms with E-state index in [4.69, 9.17) is 9.47 Å². The molecule has 2 heterocycles. The molecule has 0 aliphatic rings. The Balaban J connectivity index is 0.00000151. The van der Waals surface area contributed by atoms with Crippen molar-refractivity contribution in [1.29, 1.82) is 0 Å². The van der Waals surface area contributed by atoms with Crippen molar-refractivity contribution in [3.8, 4) is 5.88 Å². The highest BCUT2D eigenvalue weighted by atomic mass is 16.5. The van der Waals surface area contributed by atoms with Crippen LogP contribution >= 0.6 is 0 Å². The van der Waals surface area contributed by atoms with E-state index in [-0.39, 0.29) is 0 Å². The third-order valence-corrected chi connectivity index (χ3v) is 3.53. The SMILES string of the molecule is C/C=c1/c(Cc2ccnc(OC)c2)cc(C(=O)OC)n/c1=C/C.CC. The number of pyridine rings is 2. The topological polar surface area (TPSA) is 61.3 Å². The molecule has 0 amide bonds. The highest BCUT2D eigenvalue weighted by Gasteiger charge is 2.11. The summed E-state index contributed by atoms with van der Waals surface area (Å²) in [6.45, 7) is 7.86. The summed E-state index contributed by atoms with van der Waals surface area (Å²) >= 11 is 0. The summed E-state index contributed by atoms with van der Waals surface area (Å²) in [7, 11) is 2.94. The van der Waals surface area contributed by atoms with Gasteiger partial charge in [0.1, 0.15) is 5.69 Å². The molecule has 0 aromatic carbocycles. The van der Waals surface area contributed by atoms with Crippen molar-refractivity contribution in [1.82, 2.24) is 9.97 Å². The number of esters is 1. The van der Waals surface area contributed by atoms with Crippen molar-refractivity contribution in [3.63, 3.8) is 0 Å². The number of carbonyl (C=O) groups is 1. The van der Waals surface area contributed by atoms with Crippen molar-refractivity contribution in [2.24, 2.45) is 0 Å². The van der Waals surface area contributed by atoms with Crippen molar-refractivity contribution in [2.75, 3.05) is 14.2 Å². The van der Waals surface area contributed by atoms with E-state index in [1.807, 2.05) is 52.0 Å². The summed E-state index contributed by atoms with van der Waals surface area (Å²) in [4.78, 5) is 20.3. The van der Waals surface area contributed by atoms with Crippen LogP contribution in [0.5, 0.6) is 5.88 Å². The molecule has 25 heavy (non-hydrogen) atoms. The van der Waals surface area contributed by atoms with Gasteiger partial charge in [0.2, 0.25) is 5.88 Å². The summed E-state index contributed by atoms with van der Waals surface area (Å²) in [5.41, 5.74) is 2.36. The summed E-state index contributed by atoms with van der Waals surface area (Å²) in [5.74, 6) is 0.123. The number of hydrogen-bond acceptors (Lipinski definition) is 5. The Hall–Kier alpha value is -2.69. The molecule has 5 nitrogen and oxygen atoms in total. The molecule has 0 fully saturated rings. The highest BCUT2D eigenvalue weighted by Crippen LogP contribution is 2.12. The fourth-order valence-electron chi connectivity index (χ4n) is 2.43. The number of ether oxygens (including phenoxy) is 2. The Bertz CT molecular complexity index is 829. The zero-order valence-corrected chi connectivity index (χ0v) is 15.8. The molecule has 0 unspecified atom stereocenters. The molecule has 0 N–H and O–H groups in total. The van der Waals surface area contributed by atoms with Crippen LogP contribution in [0.1, 0.15) is 49.3 Å². The molecule has 2 rings (SSSR count). The lowest BCUT2D eigenvalue weighted by Crippen LogP contribution is -2.33. The molecule has 2 aromatic heterocycles. The fourth-order valence-corrected chi connectivity index (χ4v) is 2.43. The quantitative estimate of drug-likeness (QED) is 0.799. The van der Waals surface area contributed by atoms with Gasteiger partial charge in [-0.3, -0.25) is 0 Å². The normalized spacial score (nSPS) is 11.6. The van der Waals surface area contributed by atoms with E-state index in [0.29, 0.717) is 18.0 Å². The van der Waals surface area contributed by atoms with E-state index in [1.54, 1.807) is 19.4 Å². The monoisotopic (exact) mass is 342 g/mol. The first-order valence-electron chi connectivity index (χ1n) is 8.32. The molecule has 0 aliphatic carbocycles. The van der Waals surface area contributed by atoms with Gasteiger partial charge in [-0.15, -0.1) is 0 Å². The molecule has 0 saturated carbocycles. The van der Waals surface area contributed by atoms with Gasteiger partial charge in [0, 0.05) is 12.3 Å². The first-order valence-corrected chi connectivity index (χ1v) is 8.32. The fraction of sp³-hybridized carbons (Fsp3) is 0.350. The predicted molar refractivity (Wildman–Crippen MR) is 100 cm³/mol. The van der Waals surface area contributed by atoms with Crippen LogP contribution in [0.3, 0.4) is 0 Å². The van der Waals surface area contributed by atoms with Gasteiger partial charge >= 0.3 is 5.97 Å². The smallest absolute Gasteiger partial charge is 0.356 e. The van der Waals surface area contributed by atoms with E-state index in [1.165, 1.54) is 7.11 Å². The molecule has 0 aliphatic heterocycles. The third kappa shape index (κ3) is 5.14. The van der Waals surface area contributed by atoms with Crippen LogP contribution in [-0.2, 0) is 11.2 Å². The number of rotatable bonds is 4. The van der Waals surface area contributed by atoms with E-state index < -0.39 is 5.97 Å². The van der Waals surface area contributed by atoms with Gasteiger partial charge in [-0.2, -0.15) is 0 Å². The largest absolute Gasteiger partial charge is 0.481 e. The first kappa shape index (κ1) is 20.4.